The molecule has 0 aromatic heterocycles. The average molecular weight is 213 g/mol. The van der Waals surface area contributed by atoms with Gasteiger partial charge in [0.2, 0.25) is 0 Å². The molecule has 1 heteroatoms. The molecule has 2 aliphatic rings. The maximum atomic E-state index is 2.49. The molecule has 0 bridgehead atoms. The Morgan fingerprint density at radius 1 is 1.25 bits per heavy atom. The molecule has 0 saturated carbocycles. The minimum absolute atomic E-state index is 0.730. The maximum absolute atomic E-state index is 2.49. The topological polar surface area (TPSA) is 3.24 Å². The van der Waals surface area contributed by atoms with Crippen molar-refractivity contribution in [1.29, 1.82) is 0 Å². The predicted octanol–water partition coefficient (Wildman–Crippen LogP) is 3.14. The SMILES string of the molecule is CC1=CC2CN(C)CCC2c2ccccc21. The van der Waals surface area contributed by atoms with Gasteiger partial charge < -0.3 is 4.90 Å². The molecular weight excluding hydrogens is 194 g/mol. The summed E-state index contributed by atoms with van der Waals surface area (Å²) < 4.78 is 0. The van der Waals surface area contributed by atoms with Crippen molar-refractivity contribution in [2.75, 3.05) is 20.1 Å². The first-order chi connectivity index (χ1) is 7.75. The Morgan fingerprint density at radius 3 is 2.94 bits per heavy atom. The number of rotatable bonds is 0. The van der Waals surface area contributed by atoms with Gasteiger partial charge >= 0.3 is 0 Å². The average Bonchev–Trinajstić information content (AvgIpc) is 2.29. The fourth-order valence-corrected chi connectivity index (χ4v) is 3.30. The van der Waals surface area contributed by atoms with Crippen molar-refractivity contribution in [3.8, 4) is 0 Å². The molecule has 1 fully saturated rings. The minimum Gasteiger partial charge on any atom is -0.306 e. The summed E-state index contributed by atoms with van der Waals surface area (Å²) in [5, 5.41) is 0. The van der Waals surface area contributed by atoms with Crippen LogP contribution in [0.3, 0.4) is 0 Å². The van der Waals surface area contributed by atoms with E-state index in [2.05, 4.69) is 49.2 Å². The number of benzene rings is 1. The lowest BCUT2D eigenvalue weighted by molar-refractivity contribution is 0.211. The molecule has 84 valence electrons. The van der Waals surface area contributed by atoms with Gasteiger partial charge in [-0.25, -0.2) is 0 Å². The van der Waals surface area contributed by atoms with Crippen molar-refractivity contribution in [2.24, 2.45) is 5.92 Å². The Hall–Kier alpha value is -1.08. The van der Waals surface area contributed by atoms with Gasteiger partial charge in [-0.1, -0.05) is 30.3 Å². The predicted molar refractivity (Wildman–Crippen MR) is 68.4 cm³/mol. The molecule has 16 heavy (non-hydrogen) atoms. The van der Waals surface area contributed by atoms with Crippen molar-refractivity contribution in [2.45, 2.75) is 19.3 Å². The second kappa shape index (κ2) is 3.74. The van der Waals surface area contributed by atoms with E-state index >= 15 is 0 Å². The quantitative estimate of drug-likeness (QED) is 0.640. The van der Waals surface area contributed by atoms with E-state index in [1.54, 1.807) is 5.56 Å². The zero-order chi connectivity index (χ0) is 11.1. The molecule has 0 spiro atoms. The summed E-state index contributed by atoms with van der Waals surface area (Å²) in [7, 11) is 2.24. The van der Waals surface area contributed by atoms with E-state index in [1.807, 2.05) is 0 Å². The van der Waals surface area contributed by atoms with Crippen LogP contribution >= 0.6 is 0 Å². The summed E-state index contributed by atoms with van der Waals surface area (Å²) in [6.45, 7) is 4.71. The van der Waals surface area contributed by atoms with Crippen molar-refractivity contribution < 1.29 is 0 Å². The van der Waals surface area contributed by atoms with Gasteiger partial charge in [-0.2, -0.15) is 0 Å². The molecule has 0 amide bonds. The summed E-state index contributed by atoms with van der Waals surface area (Å²) in [5.41, 5.74) is 4.53. The third-order valence-electron chi connectivity index (χ3n) is 4.11. The number of likely N-dealkylation sites (tertiary alicyclic amines) is 1. The minimum atomic E-state index is 0.730. The van der Waals surface area contributed by atoms with Crippen molar-refractivity contribution in [3.63, 3.8) is 0 Å². The van der Waals surface area contributed by atoms with Crippen LogP contribution in [-0.2, 0) is 0 Å². The second-order valence-corrected chi connectivity index (χ2v) is 5.26. The van der Waals surface area contributed by atoms with Gasteiger partial charge in [0.05, 0.1) is 0 Å². The number of allylic oxidation sites excluding steroid dienone is 1. The van der Waals surface area contributed by atoms with E-state index < -0.39 is 0 Å². The zero-order valence-corrected chi connectivity index (χ0v) is 10.1. The number of piperidine rings is 1. The molecule has 2 unspecified atom stereocenters. The molecule has 1 aliphatic heterocycles. The Kier molecular flexibility index (Phi) is 2.36. The van der Waals surface area contributed by atoms with Gasteiger partial charge in [0.15, 0.2) is 0 Å². The highest BCUT2D eigenvalue weighted by molar-refractivity contribution is 5.70. The number of hydrogen-bond acceptors (Lipinski definition) is 1. The van der Waals surface area contributed by atoms with Gasteiger partial charge in [-0.15, -0.1) is 0 Å². The van der Waals surface area contributed by atoms with Crippen molar-refractivity contribution in [1.82, 2.24) is 4.90 Å². The molecule has 1 saturated heterocycles. The number of nitrogens with zero attached hydrogens (tertiary/aromatic N) is 1. The lowest BCUT2D eigenvalue weighted by atomic mass is 9.73. The molecule has 1 nitrogen and oxygen atoms in total. The smallest absolute Gasteiger partial charge is 0.00474 e. The highest BCUT2D eigenvalue weighted by Gasteiger charge is 2.31. The highest BCUT2D eigenvalue weighted by atomic mass is 15.1. The van der Waals surface area contributed by atoms with Crippen LogP contribution in [0.15, 0.2) is 30.3 Å². The van der Waals surface area contributed by atoms with Crippen molar-refractivity contribution >= 4 is 5.57 Å². The van der Waals surface area contributed by atoms with E-state index in [0.717, 1.165) is 11.8 Å². The van der Waals surface area contributed by atoms with Crippen LogP contribution in [0.1, 0.15) is 30.4 Å². The van der Waals surface area contributed by atoms with E-state index in [0.29, 0.717) is 0 Å². The fourth-order valence-electron chi connectivity index (χ4n) is 3.30. The summed E-state index contributed by atoms with van der Waals surface area (Å²) in [6, 6.07) is 8.95. The molecule has 0 radical (unpaired) electrons. The number of fused-ring (bicyclic) bond motifs is 3. The van der Waals surface area contributed by atoms with Gasteiger partial charge in [0.25, 0.3) is 0 Å². The van der Waals surface area contributed by atoms with E-state index in [9.17, 15) is 0 Å². The summed E-state index contributed by atoms with van der Waals surface area (Å²) in [6.07, 6.45) is 3.80. The third-order valence-corrected chi connectivity index (χ3v) is 4.11. The van der Waals surface area contributed by atoms with Crippen LogP contribution in [0.5, 0.6) is 0 Å². The van der Waals surface area contributed by atoms with Gasteiger partial charge in [0, 0.05) is 6.54 Å². The van der Waals surface area contributed by atoms with E-state index in [4.69, 9.17) is 0 Å². The second-order valence-electron chi connectivity index (χ2n) is 5.26. The molecule has 0 N–H and O–H groups in total. The van der Waals surface area contributed by atoms with E-state index in [1.165, 1.54) is 30.6 Å². The van der Waals surface area contributed by atoms with Gasteiger partial charge in [-0.3, -0.25) is 0 Å². The van der Waals surface area contributed by atoms with Gasteiger partial charge in [-0.05, 0) is 55.5 Å². The monoisotopic (exact) mass is 213 g/mol. The lowest BCUT2D eigenvalue weighted by Crippen LogP contribution is -2.37. The Labute approximate surface area is 97.8 Å². The van der Waals surface area contributed by atoms with Crippen LogP contribution < -0.4 is 0 Å². The maximum Gasteiger partial charge on any atom is 0.00474 e. The molecule has 2 atom stereocenters. The summed E-state index contributed by atoms with van der Waals surface area (Å²) in [4.78, 5) is 2.46. The molecule has 1 aromatic carbocycles. The number of hydrogen-bond donors (Lipinski definition) is 0. The highest BCUT2D eigenvalue weighted by Crippen LogP contribution is 2.42. The van der Waals surface area contributed by atoms with E-state index in [-0.39, 0.29) is 0 Å². The first kappa shape index (κ1) is 10.1. The normalized spacial score (nSPS) is 29.2. The van der Waals surface area contributed by atoms with Crippen molar-refractivity contribution in [3.05, 3.63) is 41.5 Å². The van der Waals surface area contributed by atoms with Crippen LogP contribution in [0.2, 0.25) is 0 Å². The Morgan fingerprint density at radius 2 is 2.06 bits per heavy atom. The Bertz CT molecular complexity index is 433. The van der Waals surface area contributed by atoms with Crippen LogP contribution in [0.4, 0.5) is 0 Å². The third kappa shape index (κ3) is 1.51. The largest absolute Gasteiger partial charge is 0.306 e. The van der Waals surface area contributed by atoms with Crippen LogP contribution in [0, 0.1) is 5.92 Å². The summed E-state index contributed by atoms with van der Waals surface area (Å²) in [5.74, 6) is 1.49. The Balaban J connectivity index is 2.05. The fraction of sp³-hybridized carbons (Fsp3) is 0.467. The molecule has 3 rings (SSSR count). The molecule has 1 aliphatic carbocycles. The van der Waals surface area contributed by atoms with Gasteiger partial charge in [0.1, 0.15) is 0 Å². The lowest BCUT2D eigenvalue weighted by Gasteiger charge is -2.39. The first-order valence-electron chi connectivity index (χ1n) is 6.22. The van der Waals surface area contributed by atoms with Crippen LogP contribution in [-0.4, -0.2) is 25.0 Å². The first-order valence-corrected chi connectivity index (χ1v) is 6.22. The molecule has 1 heterocycles. The summed E-state index contributed by atoms with van der Waals surface area (Å²) >= 11 is 0. The molecule has 1 aromatic rings. The standard InChI is InChI=1S/C15H19N/c1-11-9-12-10-16(2)8-7-14(12)15-6-4-3-5-13(11)15/h3-6,9,12,14H,7-8,10H2,1-2H3. The molecular formula is C15H19N. The zero-order valence-electron chi connectivity index (χ0n) is 10.1. The van der Waals surface area contributed by atoms with Crippen LogP contribution in [0.25, 0.3) is 5.57 Å².